The fraction of sp³-hybridized carbons (Fsp3) is 0.158. The molecule has 5 nitrogen and oxygen atoms in total. The van der Waals surface area contributed by atoms with E-state index in [1.165, 1.54) is 0 Å². The topological polar surface area (TPSA) is 90.7 Å². The minimum Gasteiger partial charge on any atom is -0.496 e. The van der Waals surface area contributed by atoms with E-state index in [9.17, 15) is 9.18 Å². The number of amides is 1. The number of aryl methyl sites for hydroxylation is 1. The van der Waals surface area contributed by atoms with Gasteiger partial charge in [0.1, 0.15) is 11.6 Å². The third-order valence-electron chi connectivity index (χ3n) is 4.12. The Bertz CT molecular complexity index is 899. The van der Waals surface area contributed by atoms with Crippen molar-refractivity contribution in [1.29, 1.82) is 0 Å². The maximum Gasteiger partial charge on any atom is 0.280 e. The molecule has 0 fully saturated rings. The number of halogens is 1. The van der Waals surface area contributed by atoms with Gasteiger partial charge >= 0.3 is 0 Å². The largest absolute Gasteiger partial charge is 0.496 e. The molecule has 1 aliphatic rings. The van der Waals surface area contributed by atoms with Gasteiger partial charge < -0.3 is 16.2 Å². The number of nitrogens with zero attached hydrogens (tertiary/aromatic N) is 1. The van der Waals surface area contributed by atoms with Gasteiger partial charge in [-0.25, -0.2) is 4.39 Å². The van der Waals surface area contributed by atoms with Crippen molar-refractivity contribution < 1.29 is 13.9 Å². The van der Waals surface area contributed by atoms with Crippen LogP contribution < -0.4 is 16.2 Å². The van der Waals surface area contributed by atoms with E-state index in [1.54, 1.807) is 31.4 Å². The van der Waals surface area contributed by atoms with Crippen LogP contribution in [0.1, 0.15) is 33.5 Å². The normalized spacial score (nSPS) is 13.2. The first-order valence-corrected chi connectivity index (χ1v) is 7.80. The number of methoxy groups -OCH3 is 1. The molecule has 25 heavy (non-hydrogen) atoms. The first-order valence-electron chi connectivity index (χ1n) is 7.80. The quantitative estimate of drug-likeness (QED) is 0.664. The summed E-state index contributed by atoms with van der Waals surface area (Å²) in [6.07, 6.45) is 0.873. The number of para-hydroxylation sites is 1. The summed E-state index contributed by atoms with van der Waals surface area (Å²) in [5.41, 5.74) is 13.5. The lowest BCUT2D eigenvalue weighted by Crippen LogP contribution is -2.24. The molecule has 0 aromatic heterocycles. The lowest BCUT2D eigenvalue weighted by atomic mass is 9.85. The Balaban J connectivity index is 2.17. The Morgan fingerprint density at radius 2 is 1.88 bits per heavy atom. The van der Waals surface area contributed by atoms with Crippen molar-refractivity contribution in [3.8, 4) is 5.75 Å². The van der Waals surface area contributed by atoms with E-state index in [0.29, 0.717) is 40.9 Å². The number of guanidine groups is 1. The van der Waals surface area contributed by atoms with Crippen molar-refractivity contribution in [2.45, 2.75) is 12.8 Å². The summed E-state index contributed by atoms with van der Waals surface area (Å²) >= 11 is 0. The van der Waals surface area contributed by atoms with Gasteiger partial charge in [0.25, 0.3) is 5.91 Å². The number of hydrogen-bond acceptors (Lipinski definition) is 2. The average Bonchev–Trinajstić information content (AvgIpc) is 2.60. The highest BCUT2D eigenvalue weighted by Gasteiger charge is 2.24. The van der Waals surface area contributed by atoms with Gasteiger partial charge in [0.05, 0.1) is 7.11 Å². The van der Waals surface area contributed by atoms with E-state index in [1.807, 2.05) is 18.2 Å². The number of benzene rings is 2. The van der Waals surface area contributed by atoms with Gasteiger partial charge in [-0.15, -0.1) is 0 Å². The van der Waals surface area contributed by atoms with Crippen LogP contribution in [0, 0.1) is 0 Å². The standard InChI is InChI=1S/C19H18FN3O2/c1-25-16-5-3-2-4-13(16)17-14-10-12(18(24)23-19(21)22)7-6-11(14)8-9-15(17)20/h2-7,10H,8-9H2,1H3,(H4,21,22,23,24). The fourth-order valence-electron chi connectivity index (χ4n) is 3.00. The summed E-state index contributed by atoms with van der Waals surface area (Å²) in [7, 11) is 1.54. The Morgan fingerprint density at radius 1 is 1.12 bits per heavy atom. The third-order valence-corrected chi connectivity index (χ3v) is 4.12. The van der Waals surface area contributed by atoms with Crippen molar-refractivity contribution >= 4 is 17.4 Å². The van der Waals surface area contributed by atoms with E-state index in [2.05, 4.69) is 4.99 Å². The van der Waals surface area contributed by atoms with E-state index < -0.39 is 5.91 Å². The minimum atomic E-state index is -0.562. The lowest BCUT2D eigenvalue weighted by molar-refractivity contribution is 0.100. The molecule has 0 saturated heterocycles. The van der Waals surface area contributed by atoms with Crippen molar-refractivity contribution in [2.24, 2.45) is 16.5 Å². The average molecular weight is 339 g/mol. The van der Waals surface area contributed by atoms with Crippen LogP contribution in [-0.4, -0.2) is 19.0 Å². The number of carbonyl (C=O) groups excluding carboxylic acids is 1. The first-order chi connectivity index (χ1) is 12.0. The lowest BCUT2D eigenvalue weighted by Gasteiger charge is -2.21. The monoisotopic (exact) mass is 339 g/mol. The SMILES string of the molecule is COc1ccccc1C1=C(F)CCc2ccc(C(=O)N=C(N)N)cc21. The second-order valence-electron chi connectivity index (χ2n) is 5.69. The zero-order valence-corrected chi connectivity index (χ0v) is 13.8. The summed E-state index contributed by atoms with van der Waals surface area (Å²) in [6, 6.07) is 12.3. The van der Waals surface area contributed by atoms with Crippen LogP contribution in [0.15, 0.2) is 53.3 Å². The van der Waals surface area contributed by atoms with Gasteiger partial charge in [0, 0.05) is 23.1 Å². The molecular formula is C19H18FN3O2. The summed E-state index contributed by atoms with van der Waals surface area (Å²) in [4.78, 5) is 15.7. The second-order valence-corrected chi connectivity index (χ2v) is 5.69. The molecule has 128 valence electrons. The Kier molecular flexibility index (Phi) is 4.52. The van der Waals surface area contributed by atoms with Crippen LogP contribution in [0.2, 0.25) is 0 Å². The van der Waals surface area contributed by atoms with Crippen LogP contribution in [0.4, 0.5) is 4.39 Å². The van der Waals surface area contributed by atoms with Gasteiger partial charge in [-0.2, -0.15) is 4.99 Å². The van der Waals surface area contributed by atoms with Crippen molar-refractivity contribution in [1.82, 2.24) is 0 Å². The molecule has 4 N–H and O–H groups in total. The Hall–Kier alpha value is -3.15. The summed E-state index contributed by atoms with van der Waals surface area (Å²) < 4.78 is 20.1. The van der Waals surface area contributed by atoms with Gasteiger partial charge in [0.15, 0.2) is 5.96 Å². The van der Waals surface area contributed by atoms with Crippen LogP contribution in [0.25, 0.3) is 5.57 Å². The van der Waals surface area contributed by atoms with E-state index in [-0.39, 0.29) is 11.8 Å². The van der Waals surface area contributed by atoms with Crippen LogP contribution in [0.5, 0.6) is 5.75 Å². The highest BCUT2D eigenvalue weighted by atomic mass is 19.1. The second kappa shape index (κ2) is 6.76. The summed E-state index contributed by atoms with van der Waals surface area (Å²) in [5, 5.41) is 0. The predicted molar refractivity (Wildman–Crippen MR) is 95.0 cm³/mol. The van der Waals surface area contributed by atoms with Crippen molar-refractivity contribution in [2.75, 3.05) is 7.11 Å². The highest BCUT2D eigenvalue weighted by molar-refractivity contribution is 6.03. The summed E-state index contributed by atoms with van der Waals surface area (Å²) in [6.45, 7) is 0. The molecule has 0 spiro atoms. The molecule has 2 aromatic rings. The first kappa shape index (κ1) is 16.7. The van der Waals surface area contributed by atoms with Crippen LogP contribution in [-0.2, 0) is 6.42 Å². The number of fused-ring (bicyclic) bond motifs is 1. The van der Waals surface area contributed by atoms with Gasteiger partial charge in [0.2, 0.25) is 0 Å². The van der Waals surface area contributed by atoms with E-state index in [0.717, 1.165) is 5.56 Å². The van der Waals surface area contributed by atoms with Crippen LogP contribution >= 0.6 is 0 Å². The maximum absolute atomic E-state index is 14.7. The Labute approximate surface area is 144 Å². The van der Waals surface area contributed by atoms with Crippen molar-refractivity contribution in [3.05, 3.63) is 70.5 Å². The predicted octanol–water partition coefficient (Wildman–Crippen LogP) is 2.78. The number of hydrogen-bond donors (Lipinski definition) is 2. The zero-order valence-electron chi connectivity index (χ0n) is 13.8. The number of ether oxygens (including phenoxy) is 1. The van der Waals surface area contributed by atoms with E-state index >= 15 is 0 Å². The molecule has 1 aliphatic carbocycles. The molecular weight excluding hydrogens is 321 g/mol. The summed E-state index contributed by atoms with van der Waals surface area (Å²) in [5.74, 6) is -0.535. The van der Waals surface area contributed by atoms with E-state index in [4.69, 9.17) is 16.2 Å². The zero-order chi connectivity index (χ0) is 18.0. The van der Waals surface area contributed by atoms with Crippen molar-refractivity contribution in [3.63, 3.8) is 0 Å². The molecule has 6 heteroatoms. The minimum absolute atomic E-state index is 0.233. The fourth-order valence-corrected chi connectivity index (χ4v) is 3.00. The maximum atomic E-state index is 14.7. The molecule has 2 aromatic carbocycles. The highest BCUT2D eigenvalue weighted by Crippen LogP contribution is 2.40. The number of aliphatic imine (C=N–C) groups is 1. The number of carbonyl (C=O) groups is 1. The molecule has 3 rings (SSSR count). The molecule has 0 unspecified atom stereocenters. The molecule has 0 bridgehead atoms. The Morgan fingerprint density at radius 3 is 2.60 bits per heavy atom. The van der Waals surface area contributed by atoms with Gasteiger partial charge in [-0.3, -0.25) is 4.79 Å². The molecule has 0 atom stereocenters. The molecule has 0 radical (unpaired) electrons. The van der Waals surface area contributed by atoms with Crippen LogP contribution in [0.3, 0.4) is 0 Å². The van der Waals surface area contributed by atoms with Gasteiger partial charge in [-0.1, -0.05) is 24.3 Å². The smallest absolute Gasteiger partial charge is 0.280 e. The number of allylic oxidation sites excluding steroid dienone is 1. The van der Waals surface area contributed by atoms with Gasteiger partial charge in [-0.05, 0) is 35.7 Å². The molecule has 1 amide bonds. The third kappa shape index (κ3) is 3.24. The molecule has 0 heterocycles. The number of nitrogens with two attached hydrogens (primary N) is 2. The molecule has 0 saturated carbocycles. The number of rotatable bonds is 3. The molecule has 0 aliphatic heterocycles.